The number of benzene rings is 1. The molecule has 42 heavy (non-hydrogen) atoms. The van der Waals surface area contributed by atoms with Gasteiger partial charge in [0.15, 0.2) is 5.65 Å². The second-order valence-electron chi connectivity index (χ2n) is 11.0. The van der Waals surface area contributed by atoms with Gasteiger partial charge >= 0.3 is 6.36 Å². The number of halogens is 3. The highest BCUT2D eigenvalue weighted by atomic mass is 32.2. The monoisotopic (exact) mass is 603 g/mol. The number of likely N-dealkylation sites (tertiary alicyclic amines) is 1. The van der Waals surface area contributed by atoms with Crippen molar-refractivity contribution in [1.82, 2.24) is 24.2 Å². The Bertz CT molecular complexity index is 1640. The molecule has 6 rings (SSSR count). The number of hydrogen-bond acceptors (Lipinski definition) is 7. The average molecular weight is 604 g/mol. The number of pyridine rings is 2. The highest BCUT2D eigenvalue weighted by Gasteiger charge is 2.33. The zero-order valence-corrected chi connectivity index (χ0v) is 23.7. The third kappa shape index (κ3) is 6.47. The van der Waals surface area contributed by atoms with Gasteiger partial charge in [0.25, 0.3) is 0 Å². The lowest BCUT2D eigenvalue weighted by atomic mass is 9.87. The number of fused-ring (bicyclic) bond motifs is 3. The van der Waals surface area contributed by atoms with E-state index in [0.29, 0.717) is 37.8 Å². The minimum atomic E-state index is -4.75. The first-order valence-corrected chi connectivity index (χ1v) is 15.6. The third-order valence-corrected chi connectivity index (χ3v) is 9.93. The van der Waals surface area contributed by atoms with Crippen molar-refractivity contribution in [2.24, 2.45) is 5.92 Å². The zero-order chi connectivity index (χ0) is 29.3. The number of alkyl halides is 3. The second-order valence-corrected chi connectivity index (χ2v) is 12.9. The predicted octanol–water partition coefficient (Wildman–Crippen LogP) is 5.27. The van der Waals surface area contributed by atoms with Crippen LogP contribution in [0.15, 0.2) is 55.0 Å². The summed E-state index contributed by atoms with van der Waals surface area (Å²) in [5.41, 5.74) is 2.94. The van der Waals surface area contributed by atoms with Gasteiger partial charge in [-0.05, 0) is 86.7 Å². The number of nitrogens with one attached hydrogen (secondary N) is 1. The molecule has 1 aromatic carbocycles. The lowest BCUT2D eigenvalue weighted by molar-refractivity contribution is -0.274. The van der Waals surface area contributed by atoms with Crippen LogP contribution in [0.25, 0.3) is 21.9 Å². The zero-order valence-electron chi connectivity index (χ0n) is 22.9. The van der Waals surface area contributed by atoms with Crippen molar-refractivity contribution in [2.45, 2.75) is 38.0 Å². The van der Waals surface area contributed by atoms with Crippen LogP contribution in [-0.4, -0.2) is 77.6 Å². The number of rotatable bonds is 8. The Hall–Kier alpha value is -3.42. The van der Waals surface area contributed by atoms with Crippen LogP contribution in [0.3, 0.4) is 0 Å². The maximum atomic E-state index is 13.4. The summed E-state index contributed by atoms with van der Waals surface area (Å²) in [7, 11) is -3.50. The number of hydrogen-bond donors (Lipinski definition) is 1. The summed E-state index contributed by atoms with van der Waals surface area (Å²) < 4.78 is 75.1. The molecular weight excluding hydrogens is 571 g/mol. The van der Waals surface area contributed by atoms with Gasteiger partial charge in [-0.15, -0.1) is 13.2 Å². The van der Waals surface area contributed by atoms with Crippen LogP contribution in [0.4, 0.5) is 13.2 Å². The largest absolute Gasteiger partial charge is 0.573 e. The SMILES string of the molecule is O=S(=O)(CN1CCC(c2cc[nH]c3cnc4nccc4c23)CC1)N1CCCC(COc2ccc(OC(F)(F)F)cc2)C1. The van der Waals surface area contributed by atoms with Gasteiger partial charge in [0.1, 0.15) is 17.4 Å². The van der Waals surface area contributed by atoms with Crippen molar-refractivity contribution in [1.29, 1.82) is 0 Å². The van der Waals surface area contributed by atoms with E-state index in [4.69, 9.17) is 4.74 Å². The molecule has 3 aromatic heterocycles. The summed E-state index contributed by atoms with van der Waals surface area (Å²) in [5.74, 6) is 0.372. The van der Waals surface area contributed by atoms with Crippen LogP contribution in [0.5, 0.6) is 11.5 Å². The molecule has 2 aliphatic rings. The van der Waals surface area contributed by atoms with Crippen molar-refractivity contribution >= 4 is 32.0 Å². The number of piperidine rings is 2. The van der Waals surface area contributed by atoms with Crippen LogP contribution < -0.4 is 9.47 Å². The molecule has 2 aliphatic heterocycles. The molecule has 1 unspecified atom stereocenters. The topological polar surface area (TPSA) is 101 Å². The molecule has 2 fully saturated rings. The van der Waals surface area contributed by atoms with Crippen molar-refractivity contribution in [2.75, 3.05) is 38.7 Å². The van der Waals surface area contributed by atoms with Crippen molar-refractivity contribution < 1.29 is 31.1 Å². The van der Waals surface area contributed by atoms with Crippen LogP contribution in [0.1, 0.15) is 37.2 Å². The summed E-state index contributed by atoms with van der Waals surface area (Å²) in [6.45, 7) is 2.49. The molecule has 224 valence electrons. The van der Waals surface area contributed by atoms with E-state index < -0.39 is 16.4 Å². The van der Waals surface area contributed by atoms with E-state index in [-0.39, 0.29) is 24.2 Å². The van der Waals surface area contributed by atoms with E-state index in [1.807, 2.05) is 23.4 Å². The number of aromatic nitrogens is 3. The Morgan fingerprint density at radius 1 is 0.976 bits per heavy atom. The van der Waals surface area contributed by atoms with Crippen LogP contribution in [0, 0.1) is 5.92 Å². The fraction of sp³-hybridized carbons (Fsp3) is 0.448. The first kappa shape index (κ1) is 28.7. The molecule has 0 bridgehead atoms. The number of sulfonamides is 1. The van der Waals surface area contributed by atoms with E-state index >= 15 is 0 Å². The lowest BCUT2D eigenvalue weighted by Crippen LogP contribution is -2.47. The molecule has 9 nitrogen and oxygen atoms in total. The van der Waals surface area contributed by atoms with Crippen LogP contribution in [-0.2, 0) is 10.0 Å². The molecular formula is C29H32F3N5O4S. The van der Waals surface area contributed by atoms with Gasteiger partial charge in [-0.2, -0.15) is 0 Å². The van der Waals surface area contributed by atoms with E-state index in [1.165, 1.54) is 29.8 Å². The Kier molecular flexibility index (Phi) is 7.99. The molecule has 0 saturated carbocycles. The molecule has 5 heterocycles. The fourth-order valence-corrected chi connectivity index (χ4v) is 7.81. The molecule has 2 saturated heterocycles. The number of aromatic amines is 1. The van der Waals surface area contributed by atoms with Gasteiger partial charge in [0.05, 0.1) is 18.3 Å². The average Bonchev–Trinajstić information content (AvgIpc) is 3.46. The minimum absolute atomic E-state index is 0.00877. The van der Waals surface area contributed by atoms with Crippen LogP contribution >= 0.6 is 0 Å². The summed E-state index contributed by atoms with van der Waals surface area (Å²) in [6.07, 6.45) is 4.03. The highest BCUT2D eigenvalue weighted by molar-refractivity contribution is 7.89. The van der Waals surface area contributed by atoms with Crippen molar-refractivity contribution in [3.05, 3.63) is 60.6 Å². The number of ether oxygens (including phenoxy) is 2. The Balaban J connectivity index is 1.03. The maximum absolute atomic E-state index is 13.4. The summed E-state index contributed by atoms with van der Waals surface area (Å²) >= 11 is 0. The Labute approximate surface area is 241 Å². The van der Waals surface area contributed by atoms with E-state index in [9.17, 15) is 21.6 Å². The molecule has 1 N–H and O–H groups in total. The van der Waals surface area contributed by atoms with Gasteiger partial charge < -0.3 is 14.5 Å². The second kappa shape index (κ2) is 11.7. The van der Waals surface area contributed by atoms with E-state index in [2.05, 4.69) is 25.8 Å². The smallest absolute Gasteiger partial charge is 0.493 e. The molecule has 0 spiro atoms. The highest BCUT2D eigenvalue weighted by Crippen LogP contribution is 2.35. The van der Waals surface area contributed by atoms with Crippen molar-refractivity contribution in [3.63, 3.8) is 0 Å². The first-order valence-electron chi connectivity index (χ1n) is 14.0. The summed E-state index contributed by atoms with van der Waals surface area (Å²) in [6, 6.07) is 9.32. The van der Waals surface area contributed by atoms with Crippen molar-refractivity contribution in [3.8, 4) is 11.5 Å². The summed E-state index contributed by atoms with van der Waals surface area (Å²) in [4.78, 5) is 14.1. The maximum Gasteiger partial charge on any atom is 0.573 e. The molecule has 1 atom stereocenters. The number of H-pyrrole nitrogens is 1. The first-order chi connectivity index (χ1) is 20.1. The number of nitrogens with zero attached hydrogens (tertiary/aromatic N) is 4. The summed E-state index contributed by atoms with van der Waals surface area (Å²) in [5, 5.41) is 2.17. The van der Waals surface area contributed by atoms with Gasteiger partial charge in [-0.25, -0.2) is 22.7 Å². The molecule has 0 amide bonds. The Morgan fingerprint density at radius 2 is 1.74 bits per heavy atom. The van der Waals surface area contributed by atoms with E-state index in [0.717, 1.165) is 47.6 Å². The van der Waals surface area contributed by atoms with Crippen LogP contribution in [0.2, 0.25) is 0 Å². The minimum Gasteiger partial charge on any atom is -0.493 e. The molecule has 0 radical (unpaired) electrons. The predicted molar refractivity (Wildman–Crippen MR) is 152 cm³/mol. The molecule has 4 aromatic rings. The Morgan fingerprint density at radius 3 is 2.50 bits per heavy atom. The molecule has 0 aliphatic carbocycles. The van der Waals surface area contributed by atoms with E-state index in [1.54, 1.807) is 10.5 Å². The van der Waals surface area contributed by atoms with Gasteiger partial charge in [0, 0.05) is 42.2 Å². The third-order valence-electron chi connectivity index (χ3n) is 8.12. The normalized spacial score (nSPS) is 19.8. The fourth-order valence-electron chi connectivity index (χ4n) is 6.08. The van der Waals surface area contributed by atoms with Gasteiger partial charge in [-0.1, -0.05) is 0 Å². The quantitative estimate of drug-likeness (QED) is 0.293. The van der Waals surface area contributed by atoms with Gasteiger partial charge in [-0.3, -0.25) is 4.90 Å². The lowest BCUT2D eigenvalue weighted by Gasteiger charge is -2.36. The standard InChI is InChI=1S/C29H32F3N5O4S/c30-29(31,32)41-23-5-3-22(4-6-23)40-18-20-2-1-13-37(17-20)42(38,39)19-36-14-9-21(10-15-36)24-7-11-33-26-16-35-28-25(27(24)26)8-12-34-28/h3-8,11-12,16,20-21,33H,1-2,9-10,13-15,17-19H2. The molecule has 13 heteroatoms. The van der Waals surface area contributed by atoms with Gasteiger partial charge in [0.2, 0.25) is 10.0 Å².